The first-order valence-electron chi connectivity index (χ1n) is 18.2. The maximum absolute atomic E-state index is 13.3. The van der Waals surface area contributed by atoms with E-state index in [2.05, 4.69) is 0 Å². The predicted molar refractivity (Wildman–Crippen MR) is 211 cm³/mol. The highest BCUT2D eigenvalue weighted by atomic mass is 33.1. The molecule has 0 saturated carbocycles. The van der Waals surface area contributed by atoms with Gasteiger partial charge >= 0.3 is 24.1 Å². The fourth-order valence-corrected chi connectivity index (χ4v) is 15.5. The second-order valence-corrected chi connectivity index (χ2v) is 21.6. The Hall–Kier alpha value is -0.910. The van der Waals surface area contributed by atoms with Crippen LogP contribution in [0, 0.1) is 0 Å². The minimum absolute atomic E-state index is 0.167. The molecule has 0 bridgehead atoms. The van der Waals surface area contributed by atoms with Gasteiger partial charge in [-0.3, -0.25) is 19.2 Å². The summed E-state index contributed by atoms with van der Waals surface area (Å²) in [4.78, 5) is 51.5. The molecule has 16 heteroatoms. The number of hydrogen-bond acceptors (Lipinski definition) is 14. The Bertz CT molecular complexity index is 1280. The first-order valence-corrected chi connectivity index (χ1v) is 25.4. The van der Waals surface area contributed by atoms with Gasteiger partial charge in [0.15, 0.2) is 18.5 Å². The third-order valence-electron chi connectivity index (χ3n) is 9.28. The van der Waals surface area contributed by atoms with Gasteiger partial charge < -0.3 is 24.7 Å². The lowest BCUT2D eigenvalue weighted by molar-refractivity contribution is -0.765. The van der Waals surface area contributed by atoms with E-state index in [1.165, 1.54) is 42.7 Å². The van der Waals surface area contributed by atoms with Gasteiger partial charge in [0.05, 0.1) is 0 Å². The molecule has 51 heavy (non-hydrogen) atoms. The van der Waals surface area contributed by atoms with Crippen molar-refractivity contribution in [3.63, 3.8) is 0 Å². The number of carbonyl (C=O) groups excluding carboxylic acids is 4. The lowest BCUT2D eigenvalue weighted by atomic mass is 10.1. The van der Waals surface area contributed by atoms with Crippen molar-refractivity contribution in [3.8, 4) is 0 Å². The standard InChI is InChI=1S/C35H50N2O8S6/c36-34(41)24-8-7-18-37(22-24)35-33(45-31(40)14-6-3-11-27-17-21-48-51-27)32(44-30(39)13-5-2-10-26-16-20-47-50-26)28(43-35)23-42-29(38)12-4-1-9-25-15-19-46-49-25/h7-8,18,22,25-28,32-33,35H,1-6,9-17,19-21,23H2,(H-,36,41)/p+1/t25?,26?,27?,28-,32-,33-,35-/m1/s1. The summed E-state index contributed by atoms with van der Waals surface area (Å²) in [6.07, 6.45) is 11.7. The van der Waals surface area contributed by atoms with E-state index in [9.17, 15) is 19.2 Å². The van der Waals surface area contributed by atoms with E-state index in [1.807, 2.05) is 64.8 Å². The van der Waals surface area contributed by atoms with Crippen molar-refractivity contribution in [1.29, 1.82) is 0 Å². The number of unbranched alkanes of at least 4 members (excludes halogenated alkanes) is 3. The Labute approximate surface area is 325 Å². The van der Waals surface area contributed by atoms with Crippen LogP contribution >= 0.6 is 64.8 Å². The molecular formula is C35H51N2O8S6+. The van der Waals surface area contributed by atoms with Crippen molar-refractivity contribution in [2.24, 2.45) is 5.73 Å². The number of carbonyl (C=O) groups is 4. The maximum Gasteiger partial charge on any atom is 0.306 e. The largest absolute Gasteiger partial charge is 0.463 e. The van der Waals surface area contributed by atoms with Crippen LogP contribution in [0.5, 0.6) is 0 Å². The molecule has 1 aromatic rings. The topological polar surface area (TPSA) is 135 Å². The Morgan fingerprint density at radius 3 is 1.73 bits per heavy atom. The summed E-state index contributed by atoms with van der Waals surface area (Å²) in [6, 6.07) is 3.24. The van der Waals surface area contributed by atoms with Crippen molar-refractivity contribution in [3.05, 3.63) is 30.1 Å². The second-order valence-electron chi connectivity index (χ2n) is 13.3. The molecule has 4 aliphatic heterocycles. The van der Waals surface area contributed by atoms with Crippen molar-refractivity contribution in [1.82, 2.24) is 0 Å². The quantitative estimate of drug-likeness (QED) is 0.0432. The van der Waals surface area contributed by atoms with E-state index in [1.54, 1.807) is 22.9 Å². The van der Waals surface area contributed by atoms with E-state index in [0.717, 1.165) is 44.9 Å². The molecule has 3 unspecified atom stereocenters. The van der Waals surface area contributed by atoms with Crippen LogP contribution in [0.4, 0.5) is 0 Å². The van der Waals surface area contributed by atoms with Crippen molar-refractivity contribution in [2.75, 3.05) is 23.9 Å². The van der Waals surface area contributed by atoms with Crippen LogP contribution in [-0.4, -0.2) is 81.7 Å². The molecule has 5 heterocycles. The summed E-state index contributed by atoms with van der Waals surface area (Å²) < 4.78 is 25.9. The highest BCUT2D eigenvalue weighted by molar-refractivity contribution is 8.78. The van der Waals surface area contributed by atoms with Gasteiger partial charge in [-0.05, 0) is 63.9 Å². The number of rotatable bonds is 21. The highest BCUT2D eigenvalue weighted by Crippen LogP contribution is 2.41. The molecule has 2 N–H and O–H groups in total. The average molecular weight is 820 g/mol. The molecule has 0 aliphatic carbocycles. The second kappa shape index (κ2) is 22.5. The minimum atomic E-state index is -1.03. The number of esters is 3. The summed E-state index contributed by atoms with van der Waals surface area (Å²) in [5.74, 6) is 1.72. The van der Waals surface area contributed by atoms with E-state index in [4.69, 9.17) is 24.7 Å². The first kappa shape index (κ1) is 41.3. The van der Waals surface area contributed by atoms with Gasteiger partial charge in [-0.25, -0.2) is 0 Å². The van der Waals surface area contributed by atoms with Crippen molar-refractivity contribution >= 4 is 88.6 Å². The van der Waals surface area contributed by atoms with Gasteiger partial charge in [0.25, 0.3) is 5.91 Å². The maximum atomic E-state index is 13.3. The molecule has 10 nitrogen and oxygen atoms in total. The Balaban J connectivity index is 1.23. The van der Waals surface area contributed by atoms with E-state index in [-0.39, 0.29) is 37.4 Å². The number of hydrogen-bond donors (Lipinski definition) is 1. The molecule has 0 aromatic carbocycles. The predicted octanol–water partition coefficient (Wildman–Crippen LogP) is 7.48. The Morgan fingerprint density at radius 1 is 0.725 bits per heavy atom. The third kappa shape index (κ3) is 14.0. The Morgan fingerprint density at radius 2 is 1.24 bits per heavy atom. The lowest BCUT2D eigenvalue weighted by Crippen LogP contribution is -2.49. The van der Waals surface area contributed by atoms with E-state index < -0.39 is 42.4 Å². The first-order chi connectivity index (χ1) is 24.9. The number of nitrogens with two attached hydrogens (primary N) is 1. The van der Waals surface area contributed by atoms with Crippen molar-refractivity contribution in [2.45, 2.75) is 137 Å². The smallest absolute Gasteiger partial charge is 0.306 e. The Kier molecular flexibility index (Phi) is 18.2. The fourth-order valence-electron chi connectivity index (χ4n) is 6.43. The summed E-state index contributed by atoms with van der Waals surface area (Å²) >= 11 is 0. The number of nitrogens with zero attached hydrogens (tertiary/aromatic N) is 1. The van der Waals surface area contributed by atoms with Crippen LogP contribution < -0.4 is 10.3 Å². The zero-order chi connectivity index (χ0) is 35.8. The fraction of sp³-hybridized carbons (Fsp3) is 0.743. The van der Waals surface area contributed by atoms with Crippen LogP contribution in [0.25, 0.3) is 0 Å². The number of primary amides is 1. The summed E-state index contributed by atoms with van der Waals surface area (Å²) in [7, 11) is 11.5. The molecular weight excluding hydrogens is 769 g/mol. The number of ether oxygens (including phenoxy) is 4. The van der Waals surface area contributed by atoms with Crippen LogP contribution in [0.2, 0.25) is 0 Å². The monoisotopic (exact) mass is 819 g/mol. The molecule has 4 fully saturated rings. The van der Waals surface area contributed by atoms with Gasteiger partial charge in [-0.15, -0.1) is 0 Å². The molecule has 1 amide bonds. The molecule has 0 radical (unpaired) electrons. The SMILES string of the molecule is NC(=O)c1ccc[n+]([C@@H]2O[C@H](COC(=O)CCCCC3CCSS3)[C@@H](OC(=O)CCCCC3CCSS3)[C@H]2OC(=O)CCCCC2CCSS2)c1. The van der Waals surface area contributed by atoms with Gasteiger partial charge in [-0.2, -0.15) is 4.57 Å². The zero-order valence-corrected chi connectivity index (χ0v) is 33.9. The van der Waals surface area contributed by atoms with Gasteiger partial charge in [0, 0.05) is 58.3 Å². The van der Waals surface area contributed by atoms with Crippen LogP contribution in [0.3, 0.4) is 0 Å². The van der Waals surface area contributed by atoms with Crippen LogP contribution in [0.1, 0.15) is 113 Å². The molecule has 284 valence electrons. The normalized spacial score (nSPS) is 27.4. The van der Waals surface area contributed by atoms with Gasteiger partial charge in [0.2, 0.25) is 6.10 Å². The molecule has 0 spiro atoms. The molecule has 1 aromatic heterocycles. The summed E-state index contributed by atoms with van der Waals surface area (Å²) in [6.45, 7) is -0.167. The number of pyridine rings is 1. The number of aromatic nitrogens is 1. The summed E-state index contributed by atoms with van der Waals surface area (Å²) in [5.41, 5.74) is 5.82. The van der Waals surface area contributed by atoms with Gasteiger partial charge in [-0.1, -0.05) is 84.0 Å². The van der Waals surface area contributed by atoms with E-state index in [0.29, 0.717) is 28.6 Å². The average Bonchev–Trinajstić information content (AvgIpc) is 3.96. The molecule has 7 atom stereocenters. The van der Waals surface area contributed by atoms with Gasteiger partial charge in [0.1, 0.15) is 18.3 Å². The molecule has 4 aliphatic rings. The van der Waals surface area contributed by atoms with Crippen molar-refractivity contribution < 1.29 is 42.7 Å². The lowest BCUT2D eigenvalue weighted by Gasteiger charge is -2.23. The molecule has 4 saturated heterocycles. The number of amides is 1. The summed E-state index contributed by atoms with van der Waals surface area (Å²) in [5, 5.41) is 1.91. The zero-order valence-electron chi connectivity index (χ0n) is 29.0. The highest BCUT2D eigenvalue weighted by Gasteiger charge is 2.55. The van der Waals surface area contributed by atoms with Crippen LogP contribution in [-0.2, 0) is 33.3 Å². The minimum Gasteiger partial charge on any atom is -0.463 e. The van der Waals surface area contributed by atoms with Crippen LogP contribution in [0.15, 0.2) is 24.5 Å². The molecule has 5 rings (SSSR count). The van der Waals surface area contributed by atoms with E-state index >= 15 is 0 Å². The third-order valence-corrected chi connectivity index (χ3v) is 18.3.